The van der Waals surface area contributed by atoms with Gasteiger partial charge in [0.1, 0.15) is 17.1 Å². The molecule has 0 saturated heterocycles. The Balaban J connectivity index is 2.27. The van der Waals surface area contributed by atoms with Gasteiger partial charge in [-0.15, -0.1) is 0 Å². The highest BCUT2D eigenvalue weighted by molar-refractivity contribution is 7.49. The fourth-order valence-corrected chi connectivity index (χ4v) is 2.54. The van der Waals surface area contributed by atoms with Crippen molar-refractivity contribution in [3.05, 3.63) is 54.1 Å². The molecule has 2 rings (SSSR count). The van der Waals surface area contributed by atoms with Crippen LogP contribution in [0.4, 0.5) is 0 Å². The van der Waals surface area contributed by atoms with Crippen molar-refractivity contribution < 1.29 is 23.4 Å². The van der Waals surface area contributed by atoms with Crippen LogP contribution in [-0.4, -0.2) is 20.2 Å². The fraction of sp³-hybridized carbons (Fsp3) is 0.133. The molecule has 0 spiro atoms. The summed E-state index contributed by atoms with van der Waals surface area (Å²) in [5.74, 6) is -0.152. The van der Waals surface area contributed by atoms with Gasteiger partial charge < -0.3 is 9.47 Å². The highest BCUT2D eigenvalue weighted by atomic mass is 31.1. The van der Waals surface area contributed by atoms with E-state index in [0.29, 0.717) is 16.8 Å². The molecule has 1 atom stereocenters. The zero-order chi connectivity index (χ0) is 15.2. The lowest BCUT2D eigenvalue weighted by Gasteiger charge is -2.08. The SMILES string of the molecule is COc1cccc(OC)c1C(=O)O[P+](=O)c1ccccc1. The number of benzene rings is 2. The van der Waals surface area contributed by atoms with Crippen LogP contribution in [0.2, 0.25) is 0 Å². The summed E-state index contributed by atoms with van der Waals surface area (Å²) in [5, 5.41) is 0.440. The van der Waals surface area contributed by atoms with Gasteiger partial charge in [-0.25, -0.2) is 9.32 Å². The van der Waals surface area contributed by atoms with Crippen molar-refractivity contribution in [3.63, 3.8) is 0 Å². The Kier molecular flexibility index (Phi) is 4.90. The molecular formula is C15H14O5P+. The van der Waals surface area contributed by atoms with Crippen LogP contribution in [0.3, 0.4) is 0 Å². The quantitative estimate of drug-likeness (QED) is 0.795. The molecule has 2 aromatic carbocycles. The Bertz CT molecular complexity index is 632. The maximum atomic E-state index is 12.2. The van der Waals surface area contributed by atoms with E-state index in [1.807, 2.05) is 0 Å². The Labute approximate surface area is 123 Å². The predicted molar refractivity (Wildman–Crippen MR) is 78.6 cm³/mol. The number of hydrogen-bond donors (Lipinski definition) is 0. The molecule has 5 nitrogen and oxygen atoms in total. The molecular weight excluding hydrogens is 291 g/mol. The van der Waals surface area contributed by atoms with Gasteiger partial charge >= 0.3 is 14.0 Å². The van der Waals surface area contributed by atoms with E-state index in [2.05, 4.69) is 0 Å². The second kappa shape index (κ2) is 6.86. The molecule has 2 aromatic rings. The molecule has 0 fully saturated rings. The van der Waals surface area contributed by atoms with Gasteiger partial charge in [-0.3, -0.25) is 0 Å². The maximum Gasteiger partial charge on any atom is 0.600 e. The van der Waals surface area contributed by atoms with Crippen molar-refractivity contribution in [1.29, 1.82) is 0 Å². The van der Waals surface area contributed by atoms with Crippen molar-refractivity contribution in [3.8, 4) is 11.5 Å². The van der Waals surface area contributed by atoms with Crippen molar-refractivity contribution >= 4 is 19.3 Å². The van der Waals surface area contributed by atoms with Crippen LogP contribution in [0.25, 0.3) is 0 Å². The van der Waals surface area contributed by atoms with E-state index >= 15 is 0 Å². The second-order valence-electron chi connectivity index (χ2n) is 4.01. The molecule has 0 amide bonds. The van der Waals surface area contributed by atoms with E-state index in [0.717, 1.165) is 0 Å². The molecule has 0 heterocycles. The standard InChI is InChI=1S/C15H14O5P/c1-18-12-9-6-10-13(19-2)14(12)15(16)20-21(17)11-7-4-3-5-8-11/h3-10H,1-2H3/q+1. The maximum absolute atomic E-state index is 12.2. The van der Waals surface area contributed by atoms with Crippen LogP contribution in [0.15, 0.2) is 48.5 Å². The minimum absolute atomic E-state index is 0.113. The molecule has 21 heavy (non-hydrogen) atoms. The Morgan fingerprint density at radius 3 is 2.00 bits per heavy atom. The van der Waals surface area contributed by atoms with Crippen LogP contribution in [0.1, 0.15) is 10.4 Å². The van der Waals surface area contributed by atoms with E-state index in [-0.39, 0.29) is 5.56 Å². The normalized spacial score (nSPS) is 10.7. The van der Waals surface area contributed by atoms with Crippen LogP contribution < -0.4 is 14.8 Å². The van der Waals surface area contributed by atoms with Crippen molar-refractivity contribution in [2.75, 3.05) is 14.2 Å². The Hall–Kier alpha value is -2.39. The van der Waals surface area contributed by atoms with Crippen molar-refractivity contribution in [2.45, 2.75) is 0 Å². The third-order valence-electron chi connectivity index (χ3n) is 2.76. The molecule has 0 radical (unpaired) electrons. The largest absolute Gasteiger partial charge is 0.600 e. The summed E-state index contributed by atoms with van der Waals surface area (Å²) in [6, 6.07) is 13.4. The number of hydrogen-bond acceptors (Lipinski definition) is 5. The minimum atomic E-state index is -2.28. The summed E-state index contributed by atoms with van der Waals surface area (Å²) >= 11 is 0. The van der Waals surface area contributed by atoms with E-state index in [9.17, 15) is 9.36 Å². The summed E-state index contributed by atoms with van der Waals surface area (Å²) in [7, 11) is 0.582. The van der Waals surface area contributed by atoms with E-state index in [4.69, 9.17) is 14.0 Å². The predicted octanol–water partition coefficient (Wildman–Crippen LogP) is 2.93. The second-order valence-corrected chi connectivity index (χ2v) is 5.22. The molecule has 0 aliphatic carbocycles. The first-order valence-corrected chi connectivity index (χ1v) is 7.30. The Morgan fingerprint density at radius 1 is 0.905 bits per heavy atom. The molecule has 6 heteroatoms. The number of ether oxygens (including phenoxy) is 2. The third-order valence-corrected chi connectivity index (χ3v) is 3.82. The summed E-state index contributed by atoms with van der Waals surface area (Å²) in [6.07, 6.45) is 0. The molecule has 0 aromatic heterocycles. The fourth-order valence-electron chi connectivity index (χ4n) is 1.78. The zero-order valence-electron chi connectivity index (χ0n) is 11.6. The summed E-state index contributed by atoms with van der Waals surface area (Å²) in [4.78, 5) is 12.2. The number of rotatable bonds is 5. The lowest BCUT2D eigenvalue weighted by Crippen LogP contribution is -2.08. The summed E-state index contributed by atoms with van der Waals surface area (Å²) < 4.78 is 27.3. The van der Waals surface area contributed by atoms with Crippen molar-refractivity contribution in [1.82, 2.24) is 0 Å². The number of carbonyl (C=O) groups is 1. The molecule has 0 aliphatic rings. The first-order valence-electron chi connectivity index (χ1n) is 6.13. The van der Waals surface area contributed by atoms with E-state index < -0.39 is 14.0 Å². The smallest absolute Gasteiger partial charge is 0.496 e. The lowest BCUT2D eigenvalue weighted by atomic mass is 10.2. The molecule has 0 saturated carbocycles. The van der Waals surface area contributed by atoms with Crippen LogP contribution >= 0.6 is 8.03 Å². The van der Waals surface area contributed by atoms with Gasteiger partial charge in [0.15, 0.2) is 0 Å². The molecule has 0 bridgehead atoms. The van der Waals surface area contributed by atoms with Gasteiger partial charge in [0, 0.05) is 0 Å². The Morgan fingerprint density at radius 2 is 1.48 bits per heavy atom. The van der Waals surface area contributed by atoms with Gasteiger partial charge in [-0.2, -0.15) is 0 Å². The number of methoxy groups -OCH3 is 2. The minimum Gasteiger partial charge on any atom is -0.496 e. The third kappa shape index (κ3) is 3.38. The number of carbonyl (C=O) groups excluding carboxylic acids is 1. The van der Waals surface area contributed by atoms with Crippen LogP contribution in [0, 0.1) is 0 Å². The van der Waals surface area contributed by atoms with Crippen LogP contribution in [-0.2, 0) is 9.09 Å². The lowest BCUT2D eigenvalue weighted by molar-refractivity contribution is 0.0744. The van der Waals surface area contributed by atoms with Gasteiger partial charge in [-0.05, 0) is 28.8 Å². The first kappa shape index (κ1) is 15.0. The molecule has 0 aliphatic heterocycles. The van der Waals surface area contributed by atoms with Gasteiger partial charge in [-0.1, -0.05) is 24.3 Å². The monoisotopic (exact) mass is 305 g/mol. The van der Waals surface area contributed by atoms with Gasteiger partial charge in [0.25, 0.3) is 0 Å². The highest BCUT2D eigenvalue weighted by Gasteiger charge is 2.31. The highest BCUT2D eigenvalue weighted by Crippen LogP contribution is 2.32. The molecule has 1 unspecified atom stereocenters. The first-order chi connectivity index (χ1) is 10.2. The van der Waals surface area contributed by atoms with Crippen molar-refractivity contribution in [2.24, 2.45) is 0 Å². The average Bonchev–Trinajstić information content (AvgIpc) is 2.54. The molecule has 108 valence electrons. The zero-order valence-corrected chi connectivity index (χ0v) is 12.5. The van der Waals surface area contributed by atoms with Gasteiger partial charge in [0.05, 0.1) is 14.2 Å². The molecule has 0 N–H and O–H groups in total. The average molecular weight is 305 g/mol. The van der Waals surface area contributed by atoms with Crippen LogP contribution in [0.5, 0.6) is 11.5 Å². The summed E-state index contributed by atoms with van der Waals surface area (Å²) in [6.45, 7) is 0. The van der Waals surface area contributed by atoms with Gasteiger partial charge in [0.2, 0.25) is 5.30 Å². The van der Waals surface area contributed by atoms with E-state index in [1.165, 1.54) is 14.2 Å². The topological polar surface area (TPSA) is 61.8 Å². The van der Waals surface area contributed by atoms with E-state index in [1.54, 1.807) is 48.5 Å². The summed E-state index contributed by atoms with van der Waals surface area (Å²) in [5.41, 5.74) is 0.113.